The number of phenols is 1. The highest BCUT2D eigenvalue weighted by atomic mass is 16.4. The zero-order chi connectivity index (χ0) is 10.7. The third kappa shape index (κ3) is 2.05. The summed E-state index contributed by atoms with van der Waals surface area (Å²) in [6, 6.07) is 4.72. The van der Waals surface area contributed by atoms with Crippen LogP contribution in [0.2, 0.25) is 0 Å². The van der Waals surface area contributed by atoms with E-state index in [2.05, 4.69) is 0 Å². The van der Waals surface area contributed by atoms with E-state index < -0.39 is 5.97 Å². The fourth-order valence-electron chi connectivity index (χ4n) is 1.27. The summed E-state index contributed by atoms with van der Waals surface area (Å²) in [5, 5.41) is 18.1. The maximum absolute atomic E-state index is 10.6. The summed E-state index contributed by atoms with van der Waals surface area (Å²) >= 11 is 0. The van der Waals surface area contributed by atoms with Crippen LogP contribution in [-0.2, 0) is 0 Å². The van der Waals surface area contributed by atoms with E-state index in [4.69, 9.17) is 5.11 Å². The molecule has 1 unspecified atom stereocenters. The highest BCUT2D eigenvalue weighted by Crippen LogP contribution is 2.25. The number of carboxylic acids is 1. The molecule has 0 radical (unpaired) electrons. The van der Waals surface area contributed by atoms with Crippen molar-refractivity contribution in [3.8, 4) is 5.75 Å². The van der Waals surface area contributed by atoms with Crippen LogP contribution in [0.25, 0.3) is 0 Å². The van der Waals surface area contributed by atoms with E-state index in [1.165, 1.54) is 12.1 Å². The fraction of sp³-hybridized carbons (Fsp3) is 0.364. The molecule has 0 aliphatic heterocycles. The van der Waals surface area contributed by atoms with Crippen molar-refractivity contribution in [2.45, 2.75) is 26.2 Å². The summed E-state index contributed by atoms with van der Waals surface area (Å²) in [5.74, 6) is -0.919. The molecule has 3 nitrogen and oxygen atoms in total. The lowest BCUT2D eigenvalue weighted by Gasteiger charge is -2.09. The third-order valence-electron chi connectivity index (χ3n) is 2.43. The third-order valence-corrected chi connectivity index (χ3v) is 2.43. The normalized spacial score (nSPS) is 12.4. The topological polar surface area (TPSA) is 57.5 Å². The van der Waals surface area contributed by atoms with Crippen molar-refractivity contribution in [3.05, 3.63) is 29.3 Å². The van der Waals surface area contributed by atoms with Crippen LogP contribution in [-0.4, -0.2) is 16.2 Å². The number of hydrogen-bond donors (Lipinski definition) is 2. The van der Waals surface area contributed by atoms with Crippen molar-refractivity contribution in [1.29, 1.82) is 0 Å². The molecule has 0 saturated heterocycles. The van der Waals surface area contributed by atoms with Gasteiger partial charge in [-0.25, -0.2) is 4.79 Å². The molecule has 0 heterocycles. The van der Waals surface area contributed by atoms with Gasteiger partial charge in [0.15, 0.2) is 0 Å². The van der Waals surface area contributed by atoms with Gasteiger partial charge in [0.1, 0.15) is 11.3 Å². The summed E-state index contributed by atoms with van der Waals surface area (Å²) in [6.07, 6.45) is 0.964. The molecule has 0 bridgehead atoms. The molecular weight excluding hydrogens is 180 g/mol. The van der Waals surface area contributed by atoms with E-state index in [1.54, 1.807) is 6.07 Å². The smallest absolute Gasteiger partial charge is 0.339 e. The Balaban J connectivity index is 3.06. The van der Waals surface area contributed by atoms with E-state index in [9.17, 15) is 9.90 Å². The first-order valence-corrected chi connectivity index (χ1v) is 4.62. The molecule has 0 amide bonds. The Morgan fingerprint density at radius 3 is 2.57 bits per heavy atom. The van der Waals surface area contributed by atoms with Crippen LogP contribution in [0, 0.1) is 0 Å². The molecule has 3 heteroatoms. The lowest BCUT2D eigenvalue weighted by atomic mass is 9.97. The van der Waals surface area contributed by atoms with Gasteiger partial charge in [0.2, 0.25) is 0 Å². The second-order valence-corrected chi connectivity index (χ2v) is 3.39. The number of benzene rings is 1. The van der Waals surface area contributed by atoms with Gasteiger partial charge in [0.25, 0.3) is 0 Å². The lowest BCUT2D eigenvalue weighted by molar-refractivity contribution is 0.0693. The number of aromatic hydroxyl groups is 1. The highest BCUT2D eigenvalue weighted by molar-refractivity contribution is 5.90. The molecule has 76 valence electrons. The standard InChI is InChI=1S/C11H14O3/c1-3-7(2)8-4-5-9(11(13)14)10(12)6-8/h4-7,12H,3H2,1-2H3,(H,13,14). The molecule has 0 spiro atoms. The van der Waals surface area contributed by atoms with Crippen LogP contribution < -0.4 is 0 Å². The van der Waals surface area contributed by atoms with Crippen molar-refractivity contribution in [2.24, 2.45) is 0 Å². The molecule has 0 aliphatic rings. The van der Waals surface area contributed by atoms with Crippen LogP contribution in [0.1, 0.15) is 42.1 Å². The van der Waals surface area contributed by atoms with Gasteiger partial charge in [-0.3, -0.25) is 0 Å². The van der Waals surface area contributed by atoms with E-state index in [0.29, 0.717) is 5.92 Å². The van der Waals surface area contributed by atoms with E-state index in [-0.39, 0.29) is 11.3 Å². The lowest BCUT2D eigenvalue weighted by Crippen LogP contribution is -1.98. The van der Waals surface area contributed by atoms with Crippen LogP contribution in [0.3, 0.4) is 0 Å². The molecule has 1 aromatic carbocycles. The predicted molar refractivity (Wildman–Crippen MR) is 53.8 cm³/mol. The minimum absolute atomic E-state index is 0.0444. The van der Waals surface area contributed by atoms with Crippen LogP contribution in [0.4, 0.5) is 0 Å². The molecule has 0 aromatic heterocycles. The SMILES string of the molecule is CCC(C)c1ccc(C(=O)O)c(O)c1. The van der Waals surface area contributed by atoms with Gasteiger partial charge in [-0.1, -0.05) is 19.9 Å². The Hall–Kier alpha value is -1.51. The Bertz CT molecular complexity index is 344. The highest BCUT2D eigenvalue weighted by Gasteiger charge is 2.11. The van der Waals surface area contributed by atoms with E-state index >= 15 is 0 Å². The Morgan fingerprint density at radius 2 is 2.14 bits per heavy atom. The molecule has 14 heavy (non-hydrogen) atoms. The maximum atomic E-state index is 10.6. The molecule has 0 fully saturated rings. The van der Waals surface area contributed by atoms with Gasteiger partial charge >= 0.3 is 5.97 Å². The van der Waals surface area contributed by atoms with Crippen molar-refractivity contribution >= 4 is 5.97 Å². The second kappa shape index (κ2) is 4.13. The van der Waals surface area contributed by atoms with Crippen molar-refractivity contribution in [3.63, 3.8) is 0 Å². The van der Waals surface area contributed by atoms with Gasteiger partial charge in [0.05, 0.1) is 0 Å². The van der Waals surface area contributed by atoms with Gasteiger partial charge in [-0.15, -0.1) is 0 Å². The first kappa shape index (κ1) is 10.6. The van der Waals surface area contributed by atoms with Crippen molar-refractivity contribution in [1.82, 2.24) is 0 Å². The Morgan fingerprint density at radius 1 is 1.50 bits per heavy atom. The zero-order valence-corrected chi connectivity index (χ0v) is 8.32. The van der Waals surface area contributed by atoms with Crippen LogP contribution in [0.5, 0.6) is 5.75 Å². The van der Waals surface area contributed by atoms with Gasteiger partial charge in [0, 0.05) is 0 Å². The Kier molecular flexibility index (Phi) is 3.12. The first-order chi connectivity index (χ1) is 6.56. The maximum Gasteiger partial charge on any atom is 0.339 e. The van der Waals surface area contributed by atoms with Crippen LogP contribution in [0.15, 0.2) is 18.2 Å². The number of aromatic carboxylic acids is 1. The minimum atomic E-state index is -1.10. The van der Waals surface area contributed by atoms with Gasteiger partial charge in [-0.2, -0.15) is 0 Å². The summed E-state index contributed by atoms with van der Waals surface area (Å²) in [7, 11) is 0. The summed E-state index contributed by atoms with van der Waals surface area (Å²) in [4.78, 5) is 10.6. The van der Waals surface area contributed by atoms with Crippen LogP contribution >= 0.6 is 0 Å². The predicted octanol–water partition coefficient (Wildman–Crippen LogP) is 2.60. The molecule has 2 N–H and O–H groups in total. The minimum Gasteiger partial charge on any atom is -0.507 e. The quantitative estimate of drug-likeness (QED) is 0.777. The molecular formula is C11H14O3. The van der Waals surface area contributed by atoms with Crippen molar-refractivity contribution < 1.29 is 15.0 Å². The summed E-state index contributed by atoms with van der Waals surface area (Å²) in [5.41, 5.74) is 0.923. The zero-order valence-electron chi connectivity index (χ0n) is 8.32. The molecule has 1 aromatic rings. The molecule has 1 rings (SSSR count). The van der Waals surface area contributed by atoms with Gasteiger partial charge < -0.3 is 10.2 Å². The average Bonchev–Trinajstić information content (AvgIpc) is 2.15. The average molecular weight is 194 g/mol. The van der Waals surface area contributed by atoms with Gasteiger partial charge in [-0.05, 0) is 30.0 Å². The second-order valence-electron chi connectivity index (χ2n) is 3.39. The molecule has 0 aliphatic carbocycles. The molecule has 0 saturated carbocycles. The monoisotopic (exact) mass is 194 g/mol. The summed E-state index contributed by atoms with van der Waals surface area (Å²) < 4.78 is 0. The number of carbonyl (C=O) groups is 1. The number of carboxylic acid groups (broad SMARTS) is 1. The number of rotatable bonds is 3. The molecule has 1 atom stereocenters. The summed E-state index contributed by atoms with van der Waals surface area (Å²) in [6.45, 7) is 4.09. The fourth-order valence-corrected chi connectivity index (χ4v) is 1.27. The van der Waals surface area contributed by atoms with Crippen molar-refractivity contribution in [2.75, 3.05) is 0 Å². The van der Waals surface area contributed by atoms with E-state index in [0.717, 1.165) is 12.0 Å². The number of hydrogen-bond acceptors (Lipinski definition) is 2. The van der Waals surface area contributed by atoms with E-state index in [1.807, 2.05) is 13.8 Å². The largest absolute Gasteiger partial charge is 0.507 e. The first-order valence-electron chi connectivity index (χ1n) is 4.62. The Labute approximate surface area is 83.0 Å².